The van der Waals surface area contributed by atoms with E-state index in [-0.39, 0.29) is 31.1 Å². The average molecular weight is 569 g/mol. The molecule has 0 aromatic heterocycles. The number of carboxylic acids is 1. The fraction of sp³-hybridized carbons (Fsp3) is 0.345. The standard InChI is InChI=1S/C29H32N2O8S/c1-19-24(15-20-7-5-4-6-8-20)26(35)31(30-19)22-11-9-21(10-12-22)27(36)38-16-23(32)17-39-28(37)29(2,3)18-40-14-13-25(33)34/h4-12,15,23,32H,13-14,16-18H2,1-3H3,(H,33,34)/b24-15-. The number of hydrogen-bond donors (Lipinski definition) is 2. The first-order valence-corrected chi connectivity index (χ1v) is 13.7. The molecule has 0 saturated carbocycles. The van der Waals surface area contributed by atoms with Crippen molar-refractivity contribution in [2.75, 3.05) is 29.7 Å². The van der Waals surface area contributed by atoms with Gasteiger partial charge < -0.3 is 19.7 Å². The summed E-state index contributed by atoms with van der Waals surface area (Å²) < 4.78 is 10.3. The van der Waals surface area contributed by atoms with Crippen molar-refractivity contribution < 1.29 is 38.9 Å². The number of aliphatic carboxylic acids is 1. The number of hydrogen-bond acceptors (Lipinski definition) is 9. The van der Waals surface area contributed by atoms with Gasteiger partial charge in [0.1, 0.15) is 19.3 Å². The normalized spacial score (nSPS) is 15.1. The molecular weight excluding hydrogens is 536 g/mol. The van der Waals surface area contributed by atoms with Gasteiger partial charge in [-0.05, 0) is 56.7 Å². The lowest BCUT2D eigenvalue weighted by atomic mass is 9.97. The molecule has 0 bridgehead atoms. The summed E-state index contributed by atoms with van der Waals surface area (Å²) in [7, 11) is 0. The molecule has 2 aromatic carbocycles. The summed E-state index contributed by atoms with van der Waals surface area (Å²) in [4.78, 5) is 48.3. The molecular formula is C29H32N2O8S. The van der Waals surface area contributed by atoms with Gasteiger partial charge in [0.15, 0.2) is 0 Å². The van der Waals surface area contributed by atoms with Gasteiger partial charge in [0.2, 0.25) is 0 Å². The molecule has 10 nitrogen and oxygen atoms in total. The summed E-state index contributed by atoms with van der Waals surface area (Å²) in [6, 6.07) is 15.6. The van der Waals surface area contributed by atoms with E-state index in [1.807, 2.05) is 30.3 Å². The number of thioether (sulfide) groups is 1. The Labute approximate surface area is 236 Å². The topological polar surface area (TPSA) is 143 Å². The van der Waals surface area contributed by atoms with Gasteiger partial charge in [-0.15, -0.1) is 0 Å². The maximum atomic E-state index is 12.9. The van der Waals surface area contributed by atoms with Crippen LogP contribution in [-0.4, -0.2) is 70.6 Å². The maximum Gasteiger partial charge on any atom is 0.338 e. The number of nitrogens with zero attached hydrogens (tertiary/aromatic N) is 2. The van der Waals surface area contributed by atoms with E-state index in [0.29, 0.717) is 28.5 Å². The quantitative estimate of drug-likeness (QED) is 0.210. The highest BCUT2D eigenvalue weighted by Gasteiger charge is 2.31. The molecule has 40 heavy (non-hydrogen) atoms. The van der Waals surface area contributed by atoms with Crippen molar-refractivity contribution >= 4 is 53.1 Å². The number of carboxylic acid groups (broad SMARTS) is 1. The monoisotopic (exact) mass is 568 g/mol. The van der Waals surface area contributed by atoms with E-state index in [9.17, 15) is 24.3 Å². The third kappa shape index (κ3) is 8.52. The van der Waals surface area contributed by atoms with Gasteiger partial charge in [0, 0.05) is 11.5 Å². The van der Waals surface area contributed by atoms with Gasteiger partial charge in [-0.1, -0.05) is 30.3 Å². The highest BCUT2D eigenvalue weighted by molar-refractivity contribution is 7.99. The van der Waals surface area contributed by atoms with E-state index < -0.39 is 29.4 Å². The SMILES string of the molecule is CC1=NN(c2ccc(C(=O)OCC(O)COC(=O)C(C)(C)CSCCC(=O)O)cc2)C(=O)/C1=C\c1ccccc1. The number of carbonyl (C=O) groups excluding carboxylic acids is 3. The van der Waals surface area contributed by atoms with Gasteiger partial charge in [-0.25, -0.2) is 4.79 Å². The summed E-state index contributed by atoms with van der Waals surface area (Å²) in [5, 5.41) is 24.4. The highest BCUT2D eigenvalue weighted by atomic mass is 32.2. The lowest BCUT2D eigenvalue weighted by Gasteiger charge is -2.23. The minimum absolute atomic E-state index is 0.000376. The Morgan fingerprint density at radius 1 is 1.05 bits per heavy atom. The summed E-state index contributed by atoms with van der Waals surface area (Å²) in [5.41, 5.74) is 1.75. The third-order valence-corrected chi connectivity index (χ3v) is 7.23. The van der Waals surface area contributed by atoms with Crippen molar-refractivity contribution in [3.05, 3.63) is 71.3 Å². The largest absolute Gasteiger partial charge is 0.481 e. The second-order valence-electron chi connectivity index (χ2n) is 9.75. The molecule has 2 N–H and O–H groups in total. The molecule has 1 amide bonds. The van der Waals surface area contributed by atoms with Gasteiger partial charge >= 0.3 is 17.9 Å². The molecule has 1 atom stereocenters. The molecule has 1 heterocycles. The predicted octanol–water partition coefficient (Wildman–Crippen LogP) is 3.79. The van der Waals surface area contributed by atoms with Crippen LogP contribution in [0.25, 0.3) is 6.08 Å². The van der Waals surface area contributed by atoms with E-state index in [2.05, 4.69) is 5.10 Å². The number of hydrazone groups is 1. The van der Waals surface area contributed by atoms with Crippen molar-refractivity contribution in [2.45, 2.75) is 33.3 Å². The van der Waals surface area contributed by atoms with Crippen LogP contribution in [0, 0.1) is 5.41 Å². The fourth-order valence-electron chi connectivity index (χ4n) is 3.53. The summed E-state index contributed by atoms with van der Waals surface area (Å²) in [6.07, 6.45) is 0.550. The fourth-order valence-corrected chi connectivity index (χ4v) is 4.62. The molecule has 0 aliphatic carbocycles. The van der Waals surface area contributed by atoms with E-state index in [1.165, 1.54) is 28.9 Å². The first-order chi connectivity index (χ1) is 19.0. The van der Waals surface area contributed by atoms with E-state index in [1.54, 1.807) is 39.0 Å². The smallest absolute Gasteiger partial charge is 0.338 e. The van der Waals surface area contributed by atoms with Gasteiger partial charge in [-0.3, -0.25) is 14.4 Å². The molecule has 2 aromatic rings. The van der Waals surface area contributed by atoms with Crippen LogP contribution in [-0.2, 0) is 23.9 Å². The molecule has 1 aliphatic rings. The van der Waals surface area contributed by atoms with E-state index in [0.717, 1.165) is 5.56 Å². The van der Waals surface area contributed by atoms with Gasteiger partial charge in [0.05, 0.1) is 34.4 Å². The third-order valence-electron chi connectivity index (χ3n) is 5.81. The van der Waals surface area contributed by atoms with Crippen LogP contribution in [0.1, 0.15) is 43.1 Å². The van der Waals surface area contributed by atoms with Crippen LogP contribution in [0.3, 0.4) is 0 Å². The first kappa shape index (κ1) is 30.6. The van der Waals surface area contributed by atoms with E-state index in [4.69, 9.17) is 14.6 Å². The molecule has 3 rings (SSSR count). The maximum absolute atomic E-state index is 12.9. The molecule has 11 heteroatoms. The number of anilines is 1. The Bertz CT molecular complexity index is 1290. The van der Waals surface area contributed by atoms with Crippen molar-refractivity contribution in [1.29, 1.82) is 0 Å². The number of aliphatic hydroxyl groups excluding tert-OH is 1. The minimum atomic E-state index is -1.23. The van der Waals surface area contributed by atoms with Crippen molar-refractivity contribution in [3.63, 3.8) is 0 Å². The summed E-state index contributed by atoms with van der Waals surface area (Å²) in [5.74, 6) is -1.69. The molecule has 212 valence electrons. The molecule has 0 fully saturated rings. The van der Waals surface area contributed by atoms with E-state index >= 15 is 0 Å². The number of esters is 2. The zero-order chi connectivity index (χ0) is 29.3. The molecule has 0 saturated heterocycles. The Morgan fingerprint density at radius 3 is 2.35 bits per heavy atom. The number of benzene rings is 2. The highest BCUT2D eigenvalue weighted by Crippen LogP contribution is 2.26. The zero-order valence-electron chi connectivity index (χ0n) is 22.5. The van der Waals surface area contributed by atoms with Crippen molar-refractivity contribution in [2.24, 2.45) is 10.5 Å². The number of carbonyl (C=O) groups is 4. The van der Waals surface area contributed by atoms with Crippen LogP contribution in [0.15, 0.2) is 65.3 Å². The van der Waals surface area contributed by atoms with Crippen LogP contribution in [0.4, 0.5) is 5.69 Å². The molecule has 0 radical (unpaired) electrons. The predicted molar refractivity (Wildman–Crippen MR) is 152 cm³/mol. The second-order valence-corrected chi connectivity index (χ2v) is 10.9. The van der Waals surface area contributed by atoms with Gasteiger partial charge in [-0.2, -0.15) is 21.9 Å². The van der Waals surface area contributed by atoms with Crippen LogP contribution in [0.2, 0.25) is 0 Å². The van der Waals surface area contributed by atoms with Crippen molar-refractivity contribution in [3.8, 4) is 0 Å². The van der Waals surface area contributed by atoms with Crippen LogP contribution < -0.4 is 5.01 Å². The summed E-state index contributed by atoms with van der Waals surface area (Å²) >= 11 is 1.33. The molecule has 1 aliphatic heterocycles. The zero-order valence-corrected chi connectivity index (χ0v) is 23.3. The summed E-state index contributed by atoms with van der Waals surface area (Å²) in [6.45, 7) is 4.35. The second kappa shape index (κ2) is 13.9. The Balaban J connectivity index is 1.47. The molecule has 1 unspecified atom stereocenters. The van der Waals surface area contributed by atoms with Gasteiger partial charge in [0.25, 0.3) is 5.91 Å². The van der Waals surface area contributed by atoms with Crippen LogP contribution >= 0.6 is 11.8 Å². The Morgan fingerprint density at radius 2 is 1.70 bits per heavy atom. The lowest BCUT2D eigenvalue weighted by molar-refractivity contribution is -0.156. The average Bonchev–Trinajstić information content (AvgIpc) is 3.21. The minimum Gasteiger partial charge on any atom is -0.481 e. The number of rotatable bonds is 13. The number of amides is 1. The van der Waals surface area contributed by atoms with Crippen LogP contribution in [0.5, 0.6) is 0 Å². The first-order valence-electron chi connectivity index (χ1n) is 12.6. The Kier molecular flexibility index (Phi) is 10.6. The number of aliphatic hydroxyl groups is 1. The molecule has 0 spiro atoms. The lowest BCUT2D eigenvalue weighted by Crippen LogP contribution is -2.33. The number of ether oxygens (including phenoxy) is 2. The Hall–Kier alpha value is -3.96. The van der Waals surface area contributed by atoms with Crippen molar-refractivity contribution in [1.82, 2.24) is 0 Å².